The van der Waals surface area contributed by atoms with Crippen molar-refractivity contribution in [2.75, 3.05) is 0 Å². The number of ketones is 1. The molecule has 0 amide bonds. The summed E-state index contributed by atoms with van der Waals surface area (Å²) in [6, 6.07) is 0. The maximum Gasteiger partial charge on any atom is 0.303 e. The van der Waals surface area contributed by atoms with Gasteiger partial charge in [0.05, 0.1) is 30.1 Å². The summed E-state index contributed by atoms with van der Waals surface area (Å²) in [6.07, 6.45) is -10.2. The Kier molecular flexibility index (Phi) is 7.04. The lowest BCUT2D eigenvalue weighted by Gasteiger charge is -2.48. The molecule has 0 spiro atoms. The lowest BCUT2D eigenvalue weighted by atomic mass is 9.69. The van der Waals surface area contributed by atoms with E-state index in [1.807, 2.05) is 0 Å². The fourth-order valence-corrected chi connectivity index (χ4v) is 6.08. The minimum Gasteiger partial charge on any atom is -0.455 e. The Labute approximate surface area is 203 Å². The predicted octanol–water partition coefficient (Wildman–Crippen LogP) is -0.792. The van der Waals surface area contributed by atoms with Gasteiger partial charge in [0, 0.05) is 19.3 Å². The van der Waals surface area contributed by atoms with Gasteiger partial charge in [-0.25, -0.2) is 0 Å². The maximum atomic E-state index is 13.4. The molecule has 0 aromatic carbocycles. The van der Waals surface area contributed by atoms with Gasteiger partial charge >= 0.3 is 11.9 Å². The van der Waals surface area contributed by atoms with Crippen LogP contribution in [0.4, 0.5) is 0 Å². The summed E-state index contributed by atoms with van der Waals surface area (Å²) in [7, 11) is 0. The minimum absolute atomic E-state index is 0.187. The lowest BCUT2D eigenvalue weighted by Crippen LogP contribution is -2.65. The third-order valence-corrected chi connectivity index (χ3v) is 8.07. The van der Waals surface area contributed by atoms with Crippen LogP contribution >= 0.6 is 0 Å². The Morgan fingerprint density at radius 2 is 1.63 bits per heavy atom. The van der Waals surface area contributed by atoms with Gasteiger partial charge in [0.25, 0.3) is 0 Å². The van der Waals surface area contributed by atoms with Gasteiger partial charge in [0.1, 0.15) is 12.2 Å². The normalized spacial score (nSPS) is 47.6. The minimum atomic E-state index is -2.51. The van der Waals surface area contributed by atoms with E-state index in [0.29, 0.717) is 0 Å². The second kappa shape index (κ2) is 8.89. The summed E-state index contributed by atoms with van der Waals surface area (Å²) >= 11 is 0. The first-order chi connectivity index (χ1) is 15.9. The quantitative estimate of drug-likeness (QED) is 0.237. The van der Waals surface area contributed by atoms with Crippen molar-refractivity contribution >= 4 is 17.7 Å². The molecule has 35 heavy (non-hydrogen) atoms. The van der Waals surface area contributed by atoms with Crippen LogP contribution in [0.25, 0.3) is 0 Å². The van der Waals surface area contributed by atoms with Gasteiger partial charge < -0.3 is 39.7 Å². The Hall–Kier alpha value is -1.89. The number of aliphatic hydroxyl groups is 5. The first-order valence-electron chi connectivity index (χ1n) is 11.7. The highest BCUT2D eigenvalue weighted by molar-refractivity contribution is 5.89. The summed E-state index contributed by atoms with van der Waals surface area (Å²) in [6.45, 7) is 11.7. The summed E-state index contributed by atoms with van der Waals surface area (Å²) in [5.41, 5.74) is -3.97. The zero-order valence-corrected chi connectivity index (χ0v) is 20.8. The SMILES string of the molecule is C=C1[C@@H](O)[C@H]2[C@@H](O)[C@@H](C)C[C@]2(OC(C)=O)[C@]2(O)O[C@@H](C(=O)[C@H]2C)C(C)(C)[C@H](O)[C@@H](O)[C@H]1OC(C)=O. The number of rotatable bonds is 2. The molecule has 2 bridgehead atoms. The van der Waals surface area contributed by atoms with Gasteiger partial charge in [0.2, 0.25) is 5.79 Å². The molecule has 3 rings (SSSR count). The molecule has 11 atom stereocenters. The number of hydrogen-bond acceptors (Lipinski definition) is 11. The molecule has 0 aromatic rings. The van der Waals surface area contributed by atoms with Crippen molar-refractivity contribution in [3.05, 3.63) is 12.2 Å². The highest BCUT2D eigenvalue weighted by Crippen LogP contribution is 2.58. The topological polar surface area (TPSA) is 180 Å². The largest absolute Gasteiger partial charge is 0.455 e. The predicted molar refractivity (Wildman–Crippen MR) is 118 cm³/mol. The number of fused-ring (bicyclic) bond motifs is 4. The van der Waals surface area contributed by atoms with Crippen LogP contribution < -0.4 is 0 Å². The average molecular weight is 501 g/mol. The van der Waals surface area contributed by atoms with Gasteiger partial charge in [-0.1, -0.05) is 34.3 Å². The molecular weight excluding hydrogens is 464 g/mol. The van der Waals surface area contributed by atoms with Crippen LogP contribution in [0.2, 0.25) is 0 Å². The van der Waals surface area contributed by atoms with Crippen molar-refractivity contribution in [3.63, 3.8) is 0 Å². The molecule has 11 heteroatoms. The molecular formula is C24H36O11. The summed E-state index contributed by atoms with van der Waals surface area (Å²) in [5, 5.41) is 56.7. The Bertz CT molecular complexity index is 915. The van der Waals surface area contributed by atoms with E-state index in [0.717, 1.165) is 13.8 Å². The van der Waals surface area contributed by atoms with Gasteiger partial charge in [0.15, 0.2) is 17.5 Å². The van der Waals surface area contributed by atoms with Crippen molar-refractivity contribution in [2.24, 2.45) is 23.2 Å². The molecule has 11 nitrogen and oxygen atoms in total. The number of ether oxygens (including phenoxy) is 3. The summed E-state index contributed by atoms with van der Waals surface area (Å²) < 4.78 is 16.8. The second-order valence-electron chi connectivity index (χ2n) is 10.8. The molecule has 5 N–H and O–H groups in total. The number of carbonyl (C=O) groups excluding carboxylic acids is 3. The van der Waals surface area contributed by atoms with Crippen LogP contribution in [0.5, 0.6) is 0 Å². The Morgan fingerprint density at radius 3 is 2.14 bits per heavy atom. The number of carbonyl (C=O) groups is 3. The standard InChI is InChI=1S/C24H36O11/c1-9-8-23(34-13(5)26)14(15(9)27)16(28)10(2)19(33-12(4)25)18(30)20(31)22(6,7)21-17(29)11(3)24(23,32)35-21/h9,11,14-16,18-21,27-28,30-32H,2,8H2,1,3-7H3/t9-,11+,14+,15-,16+,18-,19-,20+,21-,23+,24+/m0/s1. The van der Waals surface area contributed by atoms with E-state index in [1.54, 1.807) is 6.92 Å². The highest BCUT2D eigenvalue weighted by atomic mass is 16.7. The average Bonchev–Trinajstić information content (AvgIpc) is 3.15. The number of esters is 2. The zero-order valence-electron chi connectivity index (χ0n) is 20.8. The molecule has 1 saturated carbocycles. The van der Waals surface area contributed by atoms with Crippen LogP contribution in [0, 0.1) is 23.2 Å². The lowest BCUT2D eigenvalue weighted by molar-refractivity contribution is -0.333. The van der Waals surface area contributed by atoms with Gasteiger partial charge in [-0.05, 0) is 17.9 Å². The van der Waals surface area contributed by atoms with Crippen molar-refractivity contribution in [3.8, 4) is 0 Å². The monoisotopic (exact) mass is 500 g/mol. The molecule has 0 unspecified atom stereocenters. The molecule has 2 saturated heterocycles. The van der Waals surface area contributed by atoms with Crippen molar-refractivity contribution < 1.29 is 54.1 Å². The smallest absolute Gasteiger partial charge is 0.303 e. The fraction of sp³-hybridized carbons (Fsp3) is 0.792. The van der Waals surface area contributed by atoms with E-state index >= 15 is 0 Å². The van der Waals surface area contributed by atoms with Crippen molar-refractivity contribution in [1.82, 2.24) is 0 Å². The number of Topliss-reactive ketones (excluding diaryl/α,β-unsaturated/α-hetero) is 1. The molecule has 3 aliphatic rings. The third kappa shape index (κ3) is 3.93. The molecule has 2 aliphatic heterocycles. The van der Waals surface area contributed by atoms with Crippen LogP contribution in [0.1, 0.15) is 48.0 Å². The van der Waals surface area contributed by atoms with Gasteiger partial charge in [-0.3, -0.25) is 14.4 Å². The Morgan fingerprint density at radius 1 is 1.06 bits per heavy atom. The second-order valence-corrected chi connectivity index (χ2v) is 10.8. The van der Waals surface area contributed by atoms with Crippen molar-refractivity contribution in [2.45, 2.75) is 96.0 Å². The van der Waals surface area contributed by atoms with Gasteiger partial charge in [-0.2, -0.15) is 0 Å². The van der Waals surface area contributed by atoms with Crippen LogP contribution in [0.15, 0.2) is 12.2 Å². The van der Waals surface area contributed by atoms with E-state index in [4.69, 9.17) is 14.2 Å². The number of aliphatic hydroxyl groups excluding tert-OH is 4. The van der Waals surface area contributed by atoms with E-state index in [-0.39, 0.29) is 12.0 Å². The van der Waals surface area contributed by atoms with E-state index < -0.39 is 88.9 Å². The fourth-order valence-electron chi connectivity index (χ4n) is 6.08. The summed E-state index contributed by atoms with van der Waals surface area (Å²) in [4.78, 5) is 37.6. The first kappa shape index (κ1) is 27.7. The van der Waals surface area contributed by atoms with Crippen LogP contribution in [-0.2, 0) is 28.6 Å². The summed E-state index contributed by atoms with van der Waals surface area (Å²) in [5.74, 6) is -8.30. The van der Waals surface area contributed by atoms with Crippen LogP contribution in [0.3, 0.4) is 0 Å². The van der Waals surface area contributed by atoms with Crippen LogP contribution in [-0.4, -0.2) is 91.3 Å². The third-order valence-electron chi connectivity index (χ3n) is 8.07. The first-order valence-corrected chi connectivity index (χ1v) is 11.7. The Balaban J connectivity index is 2.35. The molecule has 0 aromatic heterocycles. The van der Waals surface area contributed by atoms with Gasteiger partial charge in [-0.15, -0.1) is 0 Å². The maximum absolute atomic E-state index is 13.4. The molecule has 3 fully saturated rings. The molecule has 0 radical (unpaired) electrons. The van der Waals surface area contributed by atoms with Crippen molar-refractivity contribution in [1.29, 1.82) is 0 Å². The molecule has 198 valence electrons. The van der Waals surface area contributed by atoms with E-state index in [1.165, 1.54) is 20.8 Å². The number of hydrogen-bond donors (Lipinski definition) is 5. The highest BCUT2D eigenvalue weighted by Gasteiger charge is 2.75. The van der Waals surface area contributed by atoms with E-state index in [9.17, 15) is 39.9 Å². The van der Waals surface area contributed by atoms with E-state index in [2.05, 4.69) is 6.58 Å². The molecule has 1 aliphatic carbocycles. The molecule has 2 heterocycles. The zero-order chi connectivity index (χ0) is 26.8.